The van der Waals surface area contributed by atoms with Crippen LogP contribution in [-0.4, -0.2) is 83.3 Å². The van der Waals surface area contributed by atoms with Gasteiger partial charge in [-0.05, 0) is 92.9 Å². The maximum absolute atomic E-state index is 14.4. The topological polar surface area (TPSA) is 145 Å². The first-order valence-corrected chi connectivity index (χ1v) is 17.9. The number of nitrogens with one attached hydrogen (secondary N) is 2. The van der Waals surface area contributed by atoms with Crippen LogP contribution in [0.3, 0.4) is 0 Å². The maximum Gasteiger partial charge on any atom is 0.408 e. The molecule has 2 unspecified atom stereocenters. The number of hydrogen-bond donors (Lipinski definition) is 2. The Balaban J connectivity index is 1.64. The van der Waals surface area contributed by atoms with E-state index in [0.29, 0.717) is 40.8 Å². The van der Waals surface area contributed by atoms with E-state index in [-0.39, 0.29) is 25.5 Å². The minimum Gasteiger partial charge on any atom is -0.496 e. The number of pyridine rings is 1. The van der Waals surface area contributed by atoms with Crippen molar-refractivity contribution in [3.63, 3.8) is 0 Å². The van der Waals surface area contributed by atoms with Crippen molar-refractivity contribution in [3.05, 3.63) is 54.2 Å². The number of allylic oxidation sites excluding steroid dienone is 1. The number of ether oxygens (including phenoxy) is 4. The lowest BCUT2D eigenvalue weighted by Crippen LogP contribution is -2.56. The van der Waals surface area contributed by atoms with Gasteiger partial charge in [-0.1, -0.05) is 25.0 Å². The lowest BCUT2D eigenvalue weighted by atomic mass is 10.0. The summed E-state index contributed by atoms with van der Waals surface area (Å²) >= 11 is 3.53. The molecule has 0 bridgehead atoms. The van der Waals surface area contributed by atoms with Crippen molar-refractivity contribution >= 4 is 50.6 Å². The number of rotatable bonds is 16. The Kier molecular flexibility index (Phi) is 12.9. The highest BCUT2D eigenvalue weighted by Gasteiger charge is 2.62. The molecule has 1 saturated carbocycles. The molecule has 2 fully saturated rings. The third-order valence-corrected chi connectivity index (χ3v) is 9.42. The number of unbranched alkanes of at least 4 members (excludes halogenated alkanes) is 3. The van der Waals surface area contributed by atoms with E-state index in [1.165, 1.54) is 4.90 Å². The zero-order valence-corrected chi connectivity index (χ0v) is 31.2. The number of alkyl carbamates (subject to hydrolysis) is 1. The fourth-order valence-corrected chi connectivity index (χ4v) is 6.72. The van der Waals surface area contributed by atoms with Gasteiger partial charge in [-0.25, -0.2) is 14.6 Å². The van der Waals surface area contributed by atoms with Crippen LogP contribution >= 0.6 is 15.9 Å². The third kappa shape index (κ3) is 9.35. The monoisotopic (exact) mass is 756 g/mol. The number of carbonyl (C=O) groups excluding carboxylic acids is 4. The molecular weight excluding hydrogens is 708 g/mol. The lowest BCUT2D eigenvalue weighted by Gasteiger charge is -2.30. The summed E-state index contributed by atoms with van der Waals surface area (Å²) in [6.45, 7) is 14.7. The van der Waals surface area contributed by atoms with Crippen LogP contribution in [0.1, 0.15) is 72.6 Å². The number of hydrogen-bond acceptors (Lipinski definition) is 9. The van der Waals surface area contributed by atoms with Crippen molar-refractivity contribution in [1.82, 2.24) is 20.5 Å². The molecule has 0 radical (unpaired) electrons. The van der Waals surface area contributed by atoms with E-state index in [1.807, 2.05) is 24.3 Å². The van der Waals surface area contributed by atoms with Gasteiger partial charge >= 0.3 is 12.1 Å². The second-order valence-corrected chi connectivity index (χ2v) is 14.5. The number of carbonyl (C=O) groups is 4. The van der Waals surface area contributed by atoms with Gasteiger partial charge in [0.2, 0.25) is 17.7 Å². The van der Waals surface area contributed by atoms with Crippen molar-refractivity contribution in [2.45, 2.75) is 102 Å². The smallest absolute Gasteiger partial charge is 0.408 e. The maximum atomic E-state index is 14.4. The molecule has 2 aromatic rings. The number of likely N-dealkylation sites (tertiary alicyclic amines) is 1. The fourth-order valence-electron chi connectivity index (χ4n) is 6.22. The standard InChI is InChI=1S/C37H49BrN4O8/c1-8-11-12-13-14-15-28(40-35(46)50-36(4,5)6)33(44)42-22-25(49-32-26-20-27(38)30(47-7)18-23(26)16-17-39-32)19-29(42)31(43)41-37(21-24(37)9-2)34(45)48-10-3/h8-9,16-18,20,24-25,28-29H,1-2,10-15,19,21-22H2,3-7H3,(H,40,46)(H,41,43)/t24-,25?,28+,29+,37?/m1/s1. The summed E-state index contributed by atoms with van der Waals surface area (Å²) in [6.07, 6.45) is 7.69. The predicted octanol–water partition coefficient (Wildman–Crippen LogP) is 6.01. The van der Waals surface area contributed by atoms with Crippen LogP contribution in [0.15, 0.2) is 54.2 Å². The van der Waals surface area contributed by atoms with Gasteiger partial charge in [0, 0.05) is 23.9 Å². The van der Waals surface area contributed by atoms with Crippen LogP contribution in [0, 0.1) is 5.92 Å². The SMILES string of the molecule is C=CCCCCC[C@H](NC(=O)OC(C)(C)C)C(=O)N1CC(Oc2nccc3cc(OC)c(Br)cc23)C[C@H]1C(=O)NC1(C(=O)OCC)C[C@H]1C=C. The van der Waals surface area contributed by atoms with E-state index in [4.69, 9.17) is 18.9 Å². The van der Waals surface area contributed by atoms with Gasteiger partial charge in [0.1, 0.15) is 35.1 Å². The van der Waals surface area contributed by atoms with Crippen molar-refractivity contribution in [2.75, 3.05) is 20.3 Å². The molecule has 1 saturated heterocycles. The molecule has 12 nitrogen and oxygen atoms in total. The van der Waals surface area contributed by atoms with E-state index in [9.17, 15) is 19.2 Å². The summed E-state index contributed by atoms with van der Waals surface area (Å²) in [5.41, 5.74) is -2.04. The molecule has 13 heteroatoms. The summed E-state index contributed by atoms with van der Waals surface area (Å²) in [6, 6.07) is 3.55. The Morgan fingerprint density at radius 1 is 1.18 bits per heavy atom. The Hall–Kier alpha value is -4.13. The van der Waals surface area contributed by atoms with Crippen molar-refractivity contribution < 1.29 is 38.1 Å². The first-order valence-electron chi connectivity index (χ1n) is 17.1. The van der Waals surface area contributed by atoms with Crippen molar-refractivity contribution in [2.24, 2.45) is 5.92 Å². The zero-order chi connectivity index (χ0) is 36.6. The Bertz CT molecular complexity index is 1590. The molecule has 1 aromatic heterocycles. The van der Waals surface area contributed by atoms with E-state index in [1.54, 1.807) is 47.1 Å². The second-order valence-electron chi connectivity index (χ2n) is 13.7. The van der Waals surface area contributed by atoms with Gasteiger partial charge in [0.25, 0.3) is 0 Å². The van der Waals surface area contributed by atoms with E-state index >= 15 is 0 Å². The number of halogens is 1. The van der Waals surface area contributed by atoms with Crippen LogP contribution in [0.25, 0.3) is 10.8 Å². The summed E-state index contributed by atoms with van der Waals surface area (Å²) in [7, 11) is 1.58. The quantitative estimate of drug-likeness (QED) is 0.120. The van der Waals surface area contributed by atoms with Gasteiger partial charge in [0.15, 0.2) is 0 Å². The number of fused-ring (bicyclic) bond motifs is 1. The molecular formula is C37H49BrN4O8. The van der Waals surface area contributed by atoms with Gasteiger partial charge in [-0.15, -0.1) is 13.2 Å². The zero-order valence-electron chi connectivity index (χ0n) is 29.6. The molecule has 1 aliphatic carbocycles. The van der Waals surface area contributed by atoms with Crippen LogP contribution in [0.2, 0.25) is 0 Å². The van der Waals surface area contributed by atoms with Crippen LogP contribution in [0.4, 0.5) is 4.79 Å². The summed E-state index contributed by atoms with van der Waals surface area (Å²) in [4.78, 5) is 60.4. The van der Waals surface area contributed by atoms with E-state index in [0.717, 1.165) is 24.6 Å². The van der Waals surface area contributed by atoms with Crippen LogP contribution in [-0.2, 0) is 23.9 Å². The Labute approximate surface area is 302 Å². The summed E-state index contributed by atoms with van der Waals surface area (Å²) in [5.74, 6) is -0.868. The van der Waals surface area contributed by atoms with Crippen molar-refractivity contribution in [3.8, 4) is 11.6 Å². The highest BCUT2D eigenvalue weighted by atomic mass is 79.9. The van der Waals surface area contributed by atoms with Crippen LogP contribution < -0.4 is 20.1 Å². The number of benzene rings is 1. The highest BCUT2D eigenvalue weighted by Crippen LogP contribution is 2.46. The molecule has 4 rings (SSSR count). The average Bonchev–Trinajstić information content (AvgIpc) is 3.62. The molecule has 2 N–H and O–H groups in total. The number of amides is 3. The third-order valence-electron chi connectivity index (χ3n) is 8.80. The Morgan fingerprint density at radius 3 is 2.58 bits per heavy atom. The fraction of sp³-hybridized carbons (Fsp3) is 0.541. The number of methoxy groups -OCH3 is 1. The number of esters is 1. The molecule has 0 spiro atoms. The largest absolute Gasteiger partial charge is 0.496 e. The molecule has 272 valence electrons. The highest BCUT2D eigenvalue weighted by molar-refractivity contribution is 9.10. The molecule has 2 aliphatic rings. The molecule has 1 aromatic carbocycles. The number of nitrogens with zero attached hydrogens (tertiary/aromatic N) is 2. The first-order chi connectivity index (χ1) is 23.8. The average molecular weight is 758 g/mol. The molecule has 5 atom stereocenters. The van der Waals surface area contributed by atoms with Gasteiger partial charge in [-0.3, -0.25) is 9.59 Å². The minimum atomic E-state index is -1.26. The minimum absolute atomic E-state index is 0.0343. The van der Waals surface area contributed by atoms with Gasteiger partial charge in [0.05, 0.1) is 24.7 Å². The summed E-state index contributed by atoms with van der Waals surface area (Å²) in [5, 5.41) is 7.19. The van der Waals surface area contributed by atoms with Gasteiger partial charge in [-0.2, -0.15) is 0 Å². The molecule has 50 heavy (non-hydrogen) atoms. The summed E-state index contributed by atoms with van der Waals surface area (Å²) < 4.78 is 23.4. The molecule has 1 aliphatic heterocycles. The van der Waals surface area contributed by atoms with Crippen LogP contribution in [0.5, 0.6) is 11.6 Å². The van der Waals surface area contributed by atoms with Crippen molar-refractivity contribution in [1.29, 1.82) is 0 Å². The van der Waals surface area contributed by atoms with E-state index in [2.05, 4.69) is 44.7 Å². The molecule has 3 amide bonds. The van der Waals surface area contributed by atoms with E-state index < -0.39 is 53.2 Å². The molecule has 2 heterocycles. The normalized spacial score (nSPS) is 21.9. The lowest BCUT2D eigenvalue weighted by molar-refractivity contribution is -0.150. The predicted molar refractivity (Wildman–Crippen MR) is 193 cm³/mol. The first kappa shape index (κ1) is 38.7. The Morgan fingerprint density at radius 2 is 1.94 bits per heavy atom. The number of aromatic nitrogens is 1. The second kappa shape index (κ2) is 16.7. The van der Waals surface area contributed by atoms with Gasteiger partial charge < -0.3 is 34.5 Å².